The molecule has 0 fully saturated rings. The number of amides is 1. The number of nitrogens with one attached hydrogen (secondary N) is 2. The summed E-state index contributed by atoms with van der Waals surface area (Å²) in [6, 6.07) is 15.0. The predicted octanol–water partition coefficient (Wildman–Crippen LogP) is 2.90. The van der Waals surface area contributed by atoms with Crippen LogP contribution in [0, 0.1) is 0 Å². The zero-order chi connectivity index (χ0) is 16.2. The third kappa shape index (κ3) is 3.78. The third-order valence-electron chi connectivity index (χ3n) is 3.52. The van der Waals surface area contributed by atoms with Crippen molar-refractivity contribution in [2.24, 2.45) is 4.99 Å². The summed E-state index contributed by atoms with van der Waals surface area (Å²) in [5.74, 6) is 0.618. The van der Waals surface area contributed by atoms with E-state index in [9.17, 15) is 4.79 Å². The molecule has 0 aliphatic carbocycles. The van der Waals surface area contributed by atoms with Gasteiger partial charge in [0.05, 0.1) is 12.2 Å². The Morgan fingerprint density at radius 2 is 2.09 bits per heavy atom. The lowest BCUT2D eigenvalue weighted by Gasteiger charge is -2.25. The largest absolute Gasteiger partial charge is 0.321 e. The van der Waals surface area contributed by atoms with Crippen LogP contribution in [0.15, 0.2) is 58.0 Å². The number of hydrazine groups is 1. The highest BCUT2D eigenvalue weighted by atomic mass is 79.9. The standard InChI is InChI=1S/C17H17BrN4O/c1-22-10-9-19-16(21-22)14-7-2-3-8-15(14)20-17(23)12-5-4-6-13(18)11-12/h2-8,11H,9-10H2,1H3,(H,19,21)(H,20,23). The molecular formula is C17H17BrN4O. The van der Waals surface area contributed by atoms with Gasteiger partial charge in [-0.05, 0) is 30.3 Å². The van der Waals surface area contributed by atoms with Gasteiger partial charge < -0.3 is 10.7 Å². The molecule has 5 nitrogen and oxygen atoms in total. The van der Waals surface area contributed by atoms with E-state index in [-0.39, 0.29) is 5.91 Å². The smallest absolute Gasteiger partial charge is 0.255 e. The molecule has 2 aromatic carbocycles. The van der Waals surface area contributed by atoms with E-state index in [0.29, 0.717) is 5.56 Å². The summed E-state index contributed by atoms with van der Waals surface area (Å²) in [6.07, 6.45) is 0. The van der Waals surface area contributed by atoms with Crippen molar-refractivity contribution in [2.75, 3.05) is 25.5 Å². The number of anilines is 1. The molecule has 0 unspecified atom stereocenters. The third-order valence-corrected chi connectivity index (χ3v) is 4.01. The molecule has 0 radical (unpaired) electrons. The number of carbonyl (C=O) groups excluding carboxylic acids is 1. The minimum Gasteiger partial charge on any atom is -0.321 e. The average Bonchev–Trinajstić information content (AvgIpc) is 2.55. The molecule has 0 aromatic heterocycles. The van der Waals surface area contributed by atoms with Gasteiger partial charge in [-0.25, -0.2) is 5.01 Å². The molecule has 1 heterocycles. The van der Waals surface area contributed by atoms with Crippen molar-refractivity contribution < 1.29 is 4.79 Å². The predicted molar refractivity (Wildman–Crippen MR) is 95.7 cm³/mol. The van der Waals surface area contributed by atoms with Gasteiger partial charge in [0.25, 0.3) is 5.91 Å². The lowest BCUT2D eigenvalue weighted by atomic mass is 10.1. The molecular weight excluding hydrogens is 356 g/mol. The van der Waals surface area contributed by atoms with E-state index in [1.54, 1.807) is 12.1 Å². The molecule has 1 amide bonds. The summed E-state index contributed by atoms with van der Waals surface area (Å²) in [7, 11) is 1.97. The van der Waals surface area contributed by atoms with E-state index < -0.39 is 0 Å². The first kappa shape index (κ1) is 15.7. The maximum absolute atomic E-state index is 12.5. The van der Waals surface area contributed by atoms with E-state index in [1.165, 1.54) is 0 Å². The summed E-state index contributed by atoms with van der Waals surface area (Å²) >= 11 is 3.38. The number of hydrogen-bond donors (Lipinski definition) is 2. The lowest BCUT2D eigenvalue weighted by Crippen LogP contribution is -2.45. The van der Waals surface area contributed by atoms with Gasteiger partial charge in [-0.15, -0.1) is 0 Å². The van der Waals surface area contributed by atoms with Crippen LogP contribution in [0.2, 0.25) is 0 Å². The first-order chi connectivity index (χ1) is 11.1. The Bertz CT molecular complexity index is 760. The van der Waals surface area contributed by atoms with Crippen LogP contribution in [-0.4, -0.2) is 36.9 Å². The minimum atomic E-state index is -0.150. The van der Waals surface area contributed by atoms with Crippen molar-refractivity contribution >= 4 is 33.4 Å². The van der Waals surface area contributed by atoms with Gasteiger partial charge in [-0.3, -0.25) is 9.79 Å². The van der Waals surface area contributed by atoms with Crippen molar-refractivity contribution in [3.63, 3.8) is 0 Å². The van der Waals surface area contributed by atoms with Gasteiger partial charge in [-0.1, -0.05) is 34.1 Å². The second-order valence-electron chi connectivity index (χ2n) is 5.27. The number of amidine groups is 1. The fourth-order valence-electron chi connectivity index (χ4n) is 2.35. The highest BCUT2D eigenvalue weighted by Gasteiger charge is 2.16. The Morgan fingerprint density at radius 1 is 1.26 bits per heavy atom. The number of halogens is 1. The summed E-state index contributed by atoms with van der Waals surface area (Å²) in [5, 5.41) is 4.95. The normalized spacial score (nSPS) is 14.8. The van der Waals surface area contributed by atoms with E-state index >= 15 is 0 Å². The van der Waals surface area contributed by atoms with Crippen LogP contribution in [0.5, 0.6) is 0 Å². The van der Waals surface area contributed by atoms with Crippen LogP contribution in [0.3, 0.4) is 0 Å². The first-order valence-electron chi connectivity index (χ1n) is 7.32. The fraction of sp³-hybridized carbons (Fsp3) is 0.176. The van der Waals surface area contributed by atoms with E-state index in [1.807, 2.05) is 48.5 Å². The zero-order valence-electron chi connectivity index (χ0n) is 12.7. The van der Waals surface area contributed by atoms with E-state index in [4.69, 9.17) is 0 Å². The second kappa shape index (κ2) is 6.93. The van der Waals surface area contributed by atoms with Crippen molar-refractivity contribution in [3.05, 3.63) is 64.1 Å². The van der Waals surface area contributed by atoms with Gasteiger partial charge in [0.2, 0.25) is 0 Å². The van der Waals surface area contributed by atoms with Gasteiger partial charge in [-0.2, -0.15) is 0 Å². The van der Waals surface area contributed by atoms with Crippen LogP contribution in [0.25, 0.3) is 0 Å². The Labute approximate surface area is 143 Å². The first-order valence-corrected chi connectivity index (χ1v) is 8.11. The molecule has 0 saturated carbocycles. The Kier molecular flexibility index (Phi) is 4.73. The number of rotatable bonds is 3. The topological polar surface area (TPSA) is 56.7 Å². The number of nitrogens with zero attached hydrogens (tertiary/aromatic N) is 2. The van der Waals surface area contributed by atoms with Crippen LogP contribution in [-0.2, 0) is 0 Å². The molecule has 2 N–H and O–H groups in total. The molecule has 0 spiro atoms. The molecule has 23 heavy (non-hydrogen) atoms. The van der Waals surface area contributed by atoms with E-state index in [2.05, 4.69) is 31.7 Å². The maximum atomic E-state index is 12.5. The lowest BCUT2D eigenvalue weighted by molar-refractivity contribution is 0.102. The van der Waals surface area contributed by atoms with Crippen LogP contribution in [0.1, 0.15) is 15.9 Å². The number of benzene rings is 2. The molecule has 118 valence electrons. The van der Waals surface area contributed by atoms with Crippen LogP contribution in [0.4, 0.5) is 5.69 Å². The van der Waals surface area contributed by atoms with Gasteiger partial charge in [0, 0.05) is 29.2 Å². The molecule has 3 rings (SSSR count). The Morgan fingerprint density at radius 3 is 2.87 bits per heavy atom. The molecule has 0 saturated heterocycles. The molecule has 0 atom stereocenters. The minimum absolute atomic E-state index is 0.150. The van der Waals surface area contributed by atoms with Gasteiger partial charge >= 0.3 is 0 Å². The fourth-order valence-corrected chi connectivity index (χ4v) is 2.75. The maximum Gasteiger partial charge on any atom is 0.255 e. The van der Waals surface area contributed by atoms with Crippen molar-refractivity contribution in [3.8, 4) is 0 Å². The Balaban J connectivity index is 1.86. The Hall–Kier alpha value is -2.18. The summed E-state index contributed by atoms with van der Waals surface area (Å²) in [5.41, 5.74) is 5.43. The molecule has 1 aliphatic rings. The average molecular weight is 373 g/mol. The quantitative estimate of drug-likeness (QED) is 0.870. The number of aliphatic imine (C=N–C) groups is 1. The summed E-state index contributed by atoms with van der Waals surface area (Å²) in [6.45, 7) is 1.59. The summed E-state index contributed by atoms with van der Waals surface area (Å²) < 4.78 is 0.874. The molecule has 6 heteroatoms. The zero-order valence-corrected chi connectivity index (χ0v) is 14.3. The van der Waals surface area contributed by atoms with Crippen molar-refractivity contribution in [1.29, 1.82) is 0 Å². The van der Waals surface area contributed by atoms with Gasteiger partial charge in [0.15, 0.2) is 0 Å². The van der Waals surface area contributed by atoms with Crippen molar-refractivity contribution in [2.45, 2.75) is 0 Å². The second-order valence-corrected chi connectivity index (χ2v) is 6.19. The number of likely N-dealkylation sites (N-methyl/N-ethyl adjacent to an activating group) is 1. The molecule has 1 aliphatic heterocycles. The van der Waals surface area contributed by atoms with Gasteiger partial charge in [0.1, 0.15) is 5.84 Å². The summed E-state index contributed by atoms with van der Waals surface area (Å²) in [4.78, 5) is 17.0. The highest BCUT2D eigenvalue weighted by Crippen LogP contribution is 2.19. The number of hydrogen-bond acceptors (Lipinski definition) is 4. The van der Waals surface area contributed by atoms with Crippen LogP contribution >= 0.6 is 15.9 Å². The monoisotopic (exact) mass is 372 g/mol. The SMILES string of the molecule is CN1CCN=C(c2ccccc2NC(=O)c2cccc(Br)c2)N1. The van der Waals surface area contributed by atoms with Crippen molar-refractivity contribution in [1.82, 2.24) is 10.4 Å². The highest BCUT2D eigenvalue weighted by molar-refractivity contribution is 9.10. The molecule has 2 aromatic rings. The number of para-hydroxylation sites is 1. The molecule has 0 bridgehead atoms. The van der Waals surface area contributed by atoms with E-state index in [0.717, 1.165) is 34.6 Å². The number of carbonyl (C=O) groups is 1. The van der Waals surface area contributed by atoms with Crippen LogP contribution < -0.4 is 10.7 Å².